The lowest BCUT2D eigenvalue weighted by atomic mass is 10.1. The fourth-order valence-electron chi connectivity index (χ4n) is 2.14. The number of carbonyl (C=O) groups excluding carboxylic acids is 1. The Kier molecular flexibility index (Phi) is 4.52. The normalized spacial score (nSPS) is 18.6. The minimum Gasteiger partial charge on any atom is -0.477 e. The van der Waals surface area contributed by atoms with E-state index < -0.39 is 12.0 Å². The van der Waals surface area contributed by atoms with Crippen LogP contribution in [-0.4, -0.2) is 54.3 Å². The lowest BCUT2D eigenvalue weighted by molar-refractivity contribution is -0.124. The van der Waals surface area contributed by atoms with Crippen LogP contribution in [0.3, 0.4) is 0 Å². The number of ether oxygens (including phenoxy) is 1. The summed E-state index contributed by atoms with van der Waals surface area (Å²) in [6, 6.07) is 2.72. The molecule has 1 unspecified atom stereocenters. The molecule has 0 aliphatic carbocycles. The molecule has 0 bridgehead atoms. The van der Waals surface area contributed by atoms with Crippen molar-refractivity contribution in [3.63, 3.8) is 0 Å². The van der Waals surface area contributed by atoms with Crippen LogP contribution in [0.15, 0.2) is 18.3 Å². The fourth-order valence-corrected chi connectivity index (χ4v) is 2.14. The number of aromatic nitrogens is 1. The topological polar surface area (TPSA) is 91.8 Å². The molecule has 0 saturated carbocycles. The number of pyridine rings is 1. The first-order valence-corrected chi connectivity index (χ1v) is 6.45. The number of hydrogen-bond donors (Lipinski definition) is 2. The fraction of sp³-hybridized carbons (Fsp3) is 0.462. The highest BCUT2D eigenvalue weighted by molar-refractivity contribution is 5.88. The van der Waals surface area contributed by atoms with E-state index in [9.17, 15) is 9.59 Å². The van der Waals surface area contributed by atoms with Gasteiger partial charge in [0.1, 0.15) is 11.7 Å². The Morgan fingerprint density at radius 1 is 1.60 bits per heavy atom. The van der Waals surface area contributed by atoms with Gasteiger partial charge in [-0.15, -0.1) is 0 Å². The summed E-state index contributed by atoms with van der Waals surface area (Å²) in [5.74, 6) is -1.21. The van der Waals surface area contributed by atoms with Crippen molar-refractivity contribution in [3.8, 4) is 0 Å². The first kappa shape index (κ1) is 14.3. The first-order valence-electron chi connectivity index (χ1n) is 6.45. The molecule has 7 nitrogen and oxygen atoms in total. The summed E-state index contributed by atoms with van der Waals surface area (Å²) in [7, 11) is 0. The number of amides is 1. The van der Waals surface area contributed by atoms with Crippen molar-refractivity contribution in [2.45, 2.75) is 13.0 Å². The second kappa shape index (κ2) is 6.33. The summed E-state index contributed by atoms with van der Waals surface area (Å²) < 4.78 is 5.34. The van der Waals surface area contributed by atoms with Crippen molar-refractivity contribution >= 4 is 17.6 Å². The maximum absolute atomic E-state index is 12.0. The Morgan fingerprint density at radius 3 is 3.10 bits per heavy atom. The van der Waals surface area contributed by atoms with Gasteiger partial charge in [0, 0.05) is 25.0 Å². The molecular weight excluding hydrogens is 262 g/mol. The van der Waals surface area contributed by atoms with Crippen LogP contribution in [0.2, 0.25) is 0 Å². The molecule has 20 heavy (non-hydrogen) atoms. The summed E-state index contributed by atoms with van der Waals surface area (Å²) in [4.78, 5) is 28.6. The lowest BCUT2D eigenvalue weighted by Crippen LogP contribution is -2.54. The molecule has 0 spiro atoms. The van der Waals surface area contributed by atoms with Gasteiger partial charge in [0.2, 0.25) is 5.91 Å². The molecule has 2 N–H and O–H groups in total. The monoisotopic (exact) mass is 279 g/mol. The molecule has 1 aromatic rings. The zero-order valence-electron chi connectivity index (χ0n) is 11.2. The van der Waals surface area contributed by atoms with Crippen LogP contribution in [0.25, 0.3) is 0 Å². The largest absolute Gasteiger partial charge is 0.477 e. The van der Waals surface area contributed by atoms with E-state index in [-0.39, 0.29) is 18.2 Å². The van der Waals surface area contributed by atoms with Gasteiger partial charge in [-0.3, -0.25) is 4.79 Å². The second-order valence-electron chi connectivity index (χ2n) is 4.38. The van der Waals surface area contributed by atoms with E-state index in [0.29, 0.717) is 25.4 Å². The first-order chi connectivity index (χ1) is 9.63. The van der Waals surface area contributed by atoms with Crippen molar-refractivity contribution in [1.29, 1.82) is 0 Å². The van der Waals surface area contributed by atoms with Crippen molar-refractivity contribution in [1.82, 2.24) is 10.3 Å². The Labute approximate surface area is 116 Å². The number of anilines is 1. The van der Waals surface area contributed by atoms with Crippen molar-refractivity contribution in [2.75, 3.05) is 31.2 Å². The third-order valence-electron chi connectivity index (χ3n) is 3.08. The van der Waals surface area contributed by atoms with Crippen molar-refractivity contribution in [3.05, 3.63) is 24.0 Å². The van der Waals surface area contributed by atoms with Gasteiger partial charge in [-0.2, -0.15) is 0 Å². The summed E-state index contributed by atoms with van der Waals surface area (Å²) in [6.07, 6.45) is 1.43. The van der Waals surface area contributed by atoms with Gasteiger partial charge in [-0.25, -0.2) is 9.78 Å². The van der Waals surface area contributed by atoms with Gasteiger partial charge < -0.3 is 20.1 Å². The minimum atomic E-state index is -1.09. The number of aromatic carboxylic acids is 1. The van der Waals surface area contributed by atoms with Gasteiger partial charge in [-0.1, -0.05) is 0 Å². The quantitative estimate of drug-likeness (QED) is 0.813. The third-order valence-corrected chi connectivity index (χ3v) is 3.08. The second-order valence-corrected chi connectivity index (χ2v) is 4.38. The van der Waals surface area contributed by atoms with Crippen LogP contribution < -0.4 is 10.2 Å². The van der Waals surface area contributed by atoms with Crippen LogP contribution in [0, 0.1) is 0 Å². The van der Waals surface area contributed by atoms with Gasteiger partial charge in [0.15, 0.2) is 0 Å². The molecular formula is C13H17N3O4. The lowest BCUT2D eigenvalue weighted by Gasteiger charge is -2.36. The summed E-state index contributed by atoms with van der Waals surface area (Å²) >= 11 is 0. The number of carboxylic acid groups (broad SMARTS) is 1. The molecule has 1 atom stereocenters. The van der Waals surface area contributed by atoms with Crippen molar-refractivity contribution < 1.29 is 19.4 Å². The molecule has 1 saturated heterocycles. The molecule has 2 heterocycles. The van der Waals surface area contributed by atoms with E-state index in [4.69, 9.17) is 9.84 Å². The zero-order chi connectivity index (χ0) is 14.5. The smallest absolute Gasteiger partial charge is 0.354 e. The van der Waals surface area contributed by atoms with Crippen LogP contribution in [0.1, 0.15) is 17.4 Å². The van der Waals surface area contributed by atoms with Crippen LogP contribution in [0.5, 0.6) is 0 Å². The zero-order valence-corrected chi connectivity index (χ0v) is 11.2. The number of likely N-dealkylation sites (N-methyl/N-ethyl adjacent to an activating group) is 1. The number of hydrogen-bond acceptors (Lipinski definition) is 5. The Bertz CT molecular complexity index is 506. The SMILES string of the molecule is CCNC(=O)C1COCCN1c1ccnc(C(=O)O)c1. The van der Waals surface area contributed by atoms with E-state index in [0.717, 1.165) is 0 Å². The summed E-state index contributed by atoms with van der Waals surface area (Å²) in [5, 5.41) is 11.7. The molecule has 1 amide bonds. The third kappa shape index (κ3) is 3.05. The maximum Gasteiger partial charge on any atom is 0.354 e. The van der Waals surface area contributed by atoms with Crippen molar-refractivity contribution in [2.24, 2.45) is 0 Å². The molecule has 2 rings (SSSR count). The standard InChI is InChI=1S/C13H17N3O4/c1-2-14-12(17)11-8-20-6-5-16(11)9-3-4-15-10(7-9)13(18)19/h3-4,7,11H,2,5-6,8H2,1H3,(H,14,17)(H,18,19). The molecule has 0 radical (unpaired) electrons. The van der Waals surface area contributed by atoms with Gasteiger partial charge >= 0.3 is 5.97 Å². The Balaban J connectivity index is 2.25. The molecule has 108 valence electrons. The minimum absolute atomic E-state index is 0.0383. The van der Waals surface area contributed by atoms with Crippen LogP contribution in [-0.2, 0) is 9.53 Å². The average Bonchev–Trinajstić information content (AvgIpc) is 2.47. The number of carboxylic acids is 1. The number of carbonyl (C=O) groups is 2. The van der Waals surface area contributed by atoms with E-state index in [1.807, 2.05) is 11.8 Å². The van der Waals surface area contributed by atoms with Crippen LogP contribution in [0.4, 0.5) is 5.69 Å². The summed E-state index contributed by atoms with van der Waals surface area (Å²) in [6.45, 7) is 3.71. The molecule has 1 aliphatic rings. The molecule has 1 aliphatic heterocycles. The van der Waals surface area contributed by atoms with E-state index >= 15 is 0 Å². The van der Waals surface area contributed by atoms with Gasteiger partial charge in [-0.05, 0) is 19.1 Å². The number of morpholine rings is 1. The molecule has 0 aromatic carbocycles. The van der Waals surface area contributed by atoms with E-state index in [2.05, 4.69) is 10.3 Å². The number of nitrogens with one attached hydrogen (secondary N) is 1. The maximum atomic E-state index is 12.0. The Hall–Kier alpha value is -2.15. The van der Waals surface area contributed by atoms with E-state index in [1.165, 1.54) is 12.3 Å². The highest BCUT2D eigenvalue weighted by Crippen LogP contribution is 2.20. The highest BCUT2D eigenvalue weighted by Gasteiger charge is 2.29. The van der Waals surface area contributed by atoms with E-state index in [1.54, 1.807) is 6.07 Å². The van der Waals surface area contributed by atoms with Crippen LogP contribution >= 0.6 is 0 Å². The summed E-state index contributed by atoms with van der Waals surface area (Å²) in [5.41, 5.74) is 0.626. The molecule has 7 heteroatoms. The van der Waals surface area contributed by atoms with Gasteiger partial charge in [0.25, 0.3) is 0 Å². The predicted octanol–water partition coefficient (Wildman–Crippen LogP) is 0.121. The Morgan fingerprint density at radius 2 is 2.40 bits per heavy atom. The molecule has 1 fully saturated rings. The highest BCUT2D eigenvalue weighted by atomic mass is 16.5. The number of rotatable bonds is 4. The predicted molar refractivity (Wildman–Crippen MR) is 71.8 cm³/mol. The number of nitrogens with zero attached hydrogens (tertiary/aromatic N) is 2. The average molecular weight is 279 g/mol. The molecule has 1 aromatic heterocycles. The van der Waals surface area contributed by atoms with Gasteiger partial charge in [0.05, 0.1) is 13.2 Å².